The van der Waals surface area contributed by atoms with Crippen molar-refractivity contribution < 1.29 is 23.8 Å². The molecular formula is C22H24N2O5. The number of carbonyl (C=O) groups excluding carboxylic acids is 2. The van der Waals surface area contributed by atoms with Gasteiger partial charge in [0.2, 0.25) is 6.10 Å². The SMILES string of the molecule is O=C(Nc1ccccc1)O[C@@H]1CCC[C@H](NC(=O)[C@H]2COc3ccccc3O2)C1. The summed E-state index contributed by atoms with van der Waals surface area (Å²) in [7, 11) is 0. The highest BCUT2D eigenvalue weighted by Crippen LogP contribution is 2.31. The van der Waals surface area contributed by atoms with Crippen LogP contribution in [0.4, 0.5) is 10.5 Å². The van der Waals surface area contributed by atoms with Crippen molar-refractivity contribution in [1.82, 2.24) is 5.32 Å². The smallest absolute Gasteiger partial charge is 0.411 e. The van der Waals surface area contributed by atoms with E-state index in [-0.39, 0.29) is 24.7 Å². The summed E-state index contributed by atoms with van der Waals surface area (Å²) in [4.78, 5) is 24.7. The average Bonchev–Trinajstić information content (AvgIpc) is 2.74. The minimum absolute atomic E-state index is 0.0634. The number of hydrogen-bond acceptors (Lipinski definition) is 5. The third-order valence-electron chi connectivity index (χ3n) is 5.07. The maximum Gasteiger partial charge on any atom is 0.411 e. The molecule has 0 saturated heterocycles. The molecule has 7 nitrogen and oxygen atoms in total. The van der Waals surface area contributed by atoms with Crippen molar-refractivity contribution >= 4 is 17.7 Å². The first-order valence-corrected chi connectivity index (χ1v) is 9.89. The highest BCUT2D eigenvalue weighted by atomic mass is 16.6. The third-order valence-corrected chi connectivity index (χ3v) is 5.07. The number of para-hydroxylation sites is 3. The van der Waals surface area contributed by atoms with Crippen LogP contribution in [0.2, 0.25) is 0 Å². The van der Waals surface area contributed by atoms with Gasteiger partial charge in [-0.25, -0.2) is 4.79 Å². The van der Waals surface area contributed by atoms with Gasteiger partial charge in [-0.3, -0.25) is 10.1 Å². The standard InChI is InChI=1S/C22H24N2O5/c25-21(20-14-27-18-11-4-5-12-19(18)29-20)23-16-9-6-10-17(13-16)28-22(26)24-15-7-2-1-3-8-15/h1-5,7-8,11-12,16-17,20H,6,9-10,13-14H2,(H,23,25)(H,24,26)/t16-,17+,20+/m0/s1. The van der Waals surface area contributed by atoms with Crippen LogP contribution in [0.3, 0.4) is 0 Å². The molecule has 0 unspecified atom stereocenters. The Morgan fingerprint density at radius 3 is 2.55 bits per heavy atom. The minimum Gasteiger partial charge on any atom is -0.485 e. The first kappa shape index (κ1) is 19.1. The number of benzene rings is 2. The van der Waals surface area contributed by atoms with Crippen LogP contribution in [0, 0.1) is 0 Å². The van der Waals surface area contributed by atoms with Crippen LogP contribution in [0.25, 0.3) is 0 Å². The molecule has 1 fully saturated rings. The van der Waals surface area contributed by atoms with Crippen LogP contribution < -0.4 is 20.1 Å². The number of rotatable bonds is 4. The number of ether oxygens (including phenoxy) is 3. The maximum absolute atomic E-state index is 12.6. The highest BCUT2D eigenvalue weighted by Gasteiger charge is 2.31. The molecule has 4 rings (SSSR count). The molecule has 1 aliphatic heterocycles. The van der Waals surface area contributed by atoms with Gasteiger partial charge in [0.25, 0.3) is 5.91 Å². The summed E-state index contributed by atoms with van der Waals surface area (Å²) in [6.07, 6.45) is 1.68. The first-order valence-electron chi connectivity index (χ1n) is 9.89. The Kier molecular flexibility index (Phi) is 5.84. The zero-order valence-corrected chi connectivity index (χ0v) is 16.0. The van der Waals surface area contributed by atoms with Gasteiger partial charge in [-0.1, -0.05) is 30.3 Å². The summed E-state index contributed by atoms with van der Waals surface area (Å²) in [5.74, 6) is 1.01. The summed E-state index contributed by atoms with van der Waals surface area (Å²) >= 11 is 0. The molecule has 152 valence electrons. The summed E-state index contributed by atoms with van der Waals surface area (Å²) in [5.41, 5.74) is 0.688. The van der Waals surface area contributed by atoms with Crippen LogP contribution in [0.1, 0.15) is 25.7 Å². The molecule has 2 aromatic rings. The lowest BCUT2D eigenvalue weighted by atomic mass is 9.92. The number of nitrogens with one attached hydrogen (secondary N) is 2. The van der Waals surface area contributed by atoms with Crippen molar-refractivity contribution in [3.63, 3.8) is 0 Å². The van der Waals surface area contributed by atoms with Crippen LogP contribution in [-0.4, -0.2) is 36.9 Å². The van der Waals surface area contributed by atoms with Crippen LogP contribution in [-0.2, 0) is 9.53 Å². The maximum atomic E-state index is 12.6. The molecule has 2 aromatic carbocycles. The summed E-state index contributed by atoms with van der Waals surface area (Å²) in [6.45, 7) is 0.176. The molecule has 1 saturated carbocycles. The predicted octanol–water partition coefficient (Wildman–Crippen LogP) is 3.50. The molecular weight excluding hydrogens is 372 g/mol. The Hall–Kier alpha value is -3.22. The predicted molar refractivity (Wildman–Crippen MR) is 107 cm³/mol. The molecule has 0 radical (unpaired) electrons. The Bertz CT molecular complexity index is 857. The van der Waals surface area contributed by atoms with Gasteiger partial charge in [0.1, 0.15) is 12.7 Å². The Labute approximate surface area is 169 Å². The monoisotopic (exact) mass is 396 g/mol. The molecule has 0 bridgehead atoms. The molecule has 29 heavy (non-hydrogen) atoms. The van der Waals surface area contributed by atoms with E-state index in [4.69, 9.17) is 14.2 Å². The lowest BCUT2D eigenvalue weighted by molar-refractivity contribution is -0.131. The fourth-order valence-electron chi connectivity index (χ4n) is 3.65. The fraction of sp³-hybridized carbons (Fsp3) is 0.364. The molecule has 7 heteroatoms. The van der Waals surface area contributed by atoms with Gasteiger partial charge in [0.15, 0.2) is 11.5 Å². The second-order valence-corrected chi connectivity index (χ2v) is 7.25. The molecule has 2 N–H and O–H groups in total. The molecule has 3 atom stereocenters. The van der Waals surface area contributed by atoms with Crippen LogP contribution >= 0.6 is 0 Å². The van der Waals surface area contributed by atoms with E-state index >= 15 is 0 Å². The average molecular weight is 396 g/mol. The number of hydrogen-bond donors (Lipinski definition) is 2. The number of anilines is 1. The Balaban J connectivity index is 1.26. The van der Waals surface area contributed by atoms with E-state index in [0.717, 1.165) is 19.3 Å². The topological polar surface area (TPSA) is 85.9 Å². The molecule has 2 aliphatic rings. The third kappa shape index (κ3) is 4.99. The molecule has 0 aromatic heterocycles. The first-order chi connectivity index (χ1) is 14.2. The van der Waals surface area contributed by atoms with E-state index in [0.29, 0.717) is 23.6 Å². The lowest BCUT2D eigenvalue weighted by Gasteiger charge is -2.31. The normalized spacial score (nSPS) is 23.0. The van der Waals surface area contributed by atoms with E-state index in [1.807, 2.05) is 36.4 Å². The summed E-state index contributed by atoms with van der Waals surface area (Å²) in [6, 6.07) is 16.4. The fourth-order valence-corrected chi connectivity index (χ4v) is 3.65. The van der Waals surface area contributed by atoms with Crippen molar-refractivity contribution in [2.75, 3.05) is 11.9 Å². The highest BCUT2D eigenvalue weighted by molar-refractivity contribution is 5.84. The Morgan fingerprint density at radius 1 is 0.966 bits per heavy atom. The van der Waals surface area contributed by atoms with Gasteiger partial charge in [0.05, 0.1) is 0 Å². The van der Waals surface area contributed by atoms with Gasteiger partial charge < -0.3 is 19.5 Å². The van der Waals surface area contributed by atoms with Crippen molar-refractivity contribution in [2.24, 2.45) is 0 Å². The zero-order chi connectivity index (χ0) is 20.1. The van der Waals surface area contributed by atoms with Gasteiger partial charge in [-0.15, -0.1) is 0 Å². The molecule has 2 amide bonds. The van der Waals surface area contributed by atoms with E-state index in [1.54, 1.807) is 18.2 Å². The minimum atomic E-state index is -0.687. The number of carbonyl (C=O) groups is 2. The van der Waals surface area contributed by atoms with Gasteiger partial charge in [-0.2, -0.15) is 0 Å². The van der Waals surface area contributed by atoms with Crippen LogP contribution in [0.15, 0.2) is 54.6 Å². The largest absolute Gasteiger partial charge is 0.485 e. The Morgan fingerprint density at radius 2 is 1.72 bits per heavy atom. The quantitative estimate of drug-likeness (QED) is 0.826. The van der Waals surface area contributed by atoms with Crippen molar-refractivity contribution in [2.45, 2.75) is 43.9 Å². The van der Waals surface area contributed by atoms with E-state index < -0.39 is 12.2 Å². The zero-order valence-electron chi connectivity index (χ0n) is 16.0. The van der Waals surface area contributed by atoms with E-state index in [1.165, 1.54) is 0 Å². The van der Waals surface area contributed by atoms with Gasteiger partial charge in [-0.05, 0) is 43.5 Å². The van der Waals surface area contributed by atoms with E-state index in [2.05, 4.69) is 10.6 Å². The second-order valence-electron chi connectivity index (χ2n) is 7.25. The van der Waals surface area contributed by atoms with Gasteiger partial charge >= 0.3 is 6.09 Å². The van der Waals surface area contributed by atoms with Crippen molar-refractivity contribution in [3.8, 4) is 11.5 Å². The molecule has 1 heterocycles. The van der Waals surface area contributed by atoms with Gasteiger partial charge in [0, 0.05) is 18.2 Å². The van der Waals surface area contributed by atoms with Crippen molar-refractivity contribution in [3.05, 3.63) is 54.6 Å². The van der Waals surface area contributed by atoms with Crippen molar-refractivity contribution in [1.29, 1.82) is 0 Å². The summed E-state index contributed by atoms with van der Waals surface area (Å²) in [5, 5.41) is 5.74. The number of amides is 2. The number of fused-ring (bicyclic) bond motifs is 1. The van der Waals surface area contributed by atoms with Crippen LogP contribution in [0.5, 0.6) is 11.5 Å². The molecule has 0 spiro atoms. The summed E-state index contributed by atoms with van der Waals surface area (Å²) < 4.78 is 16.9. The lowest BCUT2D eigenvalue weighted by Crippen LogP contribution is -2.49. The van der Waals surface area contributed by atoms with E-state index in [9.17, 15) is 9.59 Å². The second kappa shape index (κ2) is 8.86. The molecule has 1 aliphatic carbocycles.